The molecule has 0 aromatic heterocycles. The maximum absolute atomic E-state index is 11.6. The fourth-order valence-electron chi connectivity index (χ4n) is 1.85. The molecule has 17 heavy (non-hydrogen) atoms. The summed E-state index contributed by atoms with van der Waals surface area (Å²) in [6, 6.07) is -0.159. The van der Waals surface area contributed by atoms with Crippen molar-refractivity contribution in [1.29, 1.82) is 0 Å². The molecule has 0 radical (unpaired) electrons. The highest BCUT2D eigenvalue weighted by Gasteiger charge is 2.16. The number of methoxy groups -OCH3 is 1. The molecule has 0 aliphatic carbocycles. The Morgan fingerprint density at radius 2 is 2.35 bits per heavy atom. The van der Waals surface area contributed by atoms with Crippen LogP contribution in [0.4, 0.5) is 0 Å². The maximum atomic E-state index is 11.6. The molecule has 0 bridgehead atoms. The van der Waals surface area contributed by atoms with Gasteiger partial charge in [0.1, 0.15) is 0 Å². The van der Waals surface area contributed by atoms with Crippen LogP contribution in [0, 0.1) is 0 Å². The number of nitrogens with one attached hydrogen (secondary N) is 2. The second-order valence-electron chi connectivity index (χ2n) is 4.38. The molecule has 100 valence electrons. The summed E-state index contributed by atoms with van der Waals surface area (Å²) < 4.78 is 10.4. The van der Waals surface area contributed by atoms with Gasteiger partial charge >= 0.3 is 0 Å². The van der Waals surface area contributed by atoms with Gasteiger partial charge < -0.3 is 20.1 Å². The van der Waals surface area contributed by atoms with Crippen LogP contribution in [-0.2, 0) is 14.3 Å². The molecular formula is C12H24N2O3. The van der Waals surface area contributed by atoms with Crippen LogP contribution in [0.2, 0.25) is 0 Å². The Bertz CT molecular complexity index is 218. The van der Waals surface area contributed by atoms with E-state index in [0.29, 0.717) is 19.3 Å². The monoisotopic (exact) mass is 244 g/mol. The molecule has 0 saturated carbocycles. The van der Waals surface area contributed by atoms with Crippen LogP contribution < -0.4 is 10.6 Å². The van der Waals surface area contributed by atoms with E-state index in [0.717, 1.165) is 32.4 Å². The highest BCUT2D eigenvalue weighted by Crippen LogP contribution is 2.14. The van der Waals surface area contributed by atoms with Crippen LogP contribution >= 0.6 is 0 Å². The van der Waals surface area contributed by atoms with Gasteiger partial charge in [0.05, 0.1) is 18.8 Å². The third-order valence-corrected chi connectivity index (χ3v) is 2.94. The Kier molecular flexibility index (Phi) is 7.16. The lowest BCUT2D eigenvalue weighted by Crippen LogP contribution is -2.43. The summed E-state index contributed by atoms with van der Waals surface area (Å²) in [6.07, 6.45) is 3.68. The molecule has 1 rings (SSSR count). The molecule has 1 heterocycles. The number of ether oxygens (including phenoxy) is 2. The second kappa shape index (κ2) is 8.44. The van der Waals surface area contributed by atoms with Crippen LogP contribution in [0.25, 0.3) is 0 Å². The van der Waals surface area contributed by atoms with E-state index in [9.17, 15) is 4.79 Å². The van der Waals surface area contributed by atoms with E-state index in [4.69, 9.17) is 9.47 Å². The molecule has 2 atom stereocenters. The quantitative estimate of drug-likeness (QED) is 0.603. The van der Waals surface area contributed by atoms with Gasteiger partial charge in [-0.1, -0.05) is 0 Å². The average Bonchev–Trinajstić information content (AvgIpc) is 2.82. The van der Waals surface area contributed by atoms with Gasteiger partial charge in [-0.3, -0.25) is 4.79 Å². The molecule has 2 unspecified atom stereocenters. The predicted octanol–water partition coefficient (Wildman–Crippen LogP) is 0.296. The summed E-state index contributed by atoms with van der Waals surface area (Å²) in [5.41, 5.74) is 0. The van der Waals surface area contributed by atoms with Crippen LogP contribution in [0.5, 0.6) is 0 Å². The highest BCUT2D eigenvalue weighted by atomic mass is 16.5. The van der Waals surface area contributed by atoms with Crippen molar-refractivity contribution in [2.75, 3.05) is 33.4 Å². The molecule has 1 saturated heterocycles. The summed E-state index contributed by atoms with van der Waals surface area (Å²) in [6.45, 7) is 4.69. The summed E-state index contributed by atoms with van der Waals surface area (Å²) in [5.74, 6) is 0.0226. The van der Waals surface area contributed by atoms with Crippen LogP contribution in [0.1, 0.15) is 26.2 Å². The molecule has 5 heteroatoms. The normalized spacial score (nSPS) is 21.4. The van der Waals surface area contributed by atoms with E-state index < -0.39 is 0 Å². The number of amides is 1. The Balaban J connectivity index is 2.02. The standard InChI is InChI=1S/C12H24N2O3/c1-10(12(15)14-7-9-16-2)13-6-5-11-4-3-8-17-11/h10-11,13H,3-9H2,1-2H3,(H,14,15). The third-order valence-electron chi connectivity index (χ3n) is 2.94. The van der Waals surface area contributed by atoms with Crippen molar-refractivity contribution >= 4 is 5.91 Å². The fraction of sp³-hybridized carbons (Fsp3) is 0.917. The zero-order valence-corrected chi connectivity index (χ0v) is 10.8. The first-order valence-corrected chi connectivity index (χ1v) is 6.35. The van der Waals surface area contributed by atoms with Gasteiger partial charge in [0.25, 0.3) is 0 Å². The minimum atomic E-state index is -0.159. The van der Waals surface area contributed by atoms with E-state index in [1.54, 1.807) is 7.11 Å². The largest absolute Gasteiger partial charge is 0.383 e. The number of carbonyl (C=O) groups excluding carboxylic acids is 1. The lowest BCUT2D eigenvalue weighted by molar-refractivity contribution is -0.122. The zero-order chi connectivity index (χ0) is 12.5. The lowest BCUT2D eigenvalue weighted by atomic mass is 10.2. The summed E-state index contributed by atoms with van der Waals surface area (Å²) in [5, 5.41) is 6.01. The molecule has 1 aliphatic heterocycles. The van der Waals surface area contributed by atoms with Gasteiger partial charge in [0, 0.05) is 20.3 Å². The van der Waals surface area contributed by atoms with E-state index in [-0.39, 0.29) is 11.9 Å². The molecular weight excluding hydrogens is 220 g/mol. The van der Waals surface area contributed by atoms with Gasteiger partial charge in [-0.2, -0.15) is 0 Å². The fourth-order valence-corrected chi connectivity index (χ4v) is 1.85. The number of hydrogen-bond acceptors (Lipinski definition) is 4. The van der Waals surface area contributed by atoms with Gasteiger partial charge in [-0.15, -0.1) is 0 Å². The van der Waals surface area contributed by atoms with Crippen molar-refractivity contribution in [3.05, 3.63) is 0 Å². The summed E-state index contributed by atoms with van der Waals surface area (Å²) in [4.78, 5) is 11.6. The van der Waals surface area contributed by atoms with Crippen molar-refractivity contribution in [3.63, 3.8) is 0 Å². The van der Waals surface area contributed by atoms with Gasteiger partial charge in [0.2, 0.25) is 5.91 Å². The molecule has 5 nitrogen and oxygen atoms in total. The van der Waals surface area contributed by atoms with Crippen LogP contribution in [0.15, 0.2) is 0 Å². The highest BCUT2D eigenvalue weighted by molar-refractivity contribution is 5.81. The zero-order valence-electron chi connectivity index (χ0n) is 10.8. The number of carbonyl (C=O) groups is 1. The van der Waals surface area contributed by atoms with Crippen molar-refractivity contribution in [3.8, 4) is 0 Å². The second-order valence-corrected chi connectivity index (χ2v) is 4.38. The number of rotatable bonds is 8. The Morgan fingerprint density at radius 1 is 1.53 bits per heavy atom. The Morgan fingerprint density at radius 3 is 3.00 bits per heavy atom. The van der Waals surface area contributed by atoms with E-state index in [1.807, 2.05) is 6.92 Å². The van der Waals surface area contributed by atoms with Gasteiger partial charge in [-0.25, -0.2) is 0 Å². The predicted molar refractivity (Wildman–Crippen MR) is 65.9 cm³/mol. The molecule has 0 aromatic carbocycles. The van der Waals surface area contributed by atoms with Crippen molar-refractivity contribution in [2.24, 2.45) is 0 Å². The molecule has 1 aliphatic rings. The molecule has 1 amide bonds. The van der Waals surface area contributed by atoms with Gasteiger partial charge in [-0.05, 0) is 32.7 Å². The molecule has 0 spiro atoms. The van der Waals surface area contributed by atoms with Crippen LogP contribution in [-0.4, -0.2) is 51.5 Å². The molecule has 1 fully saturated rings. The Hall–Kier alpha value is -0.650. The van der Waals surface area contributed by atoms with Gasteiger partial charge in [0.15, 0.2) is 0 Å². The summed E-state index contributed by atoms with van der Waals surface area (Å²) >= 11 is 0. The topological polar surface area (TPSA) is 59.6 Å². The minimum absolute atomic E-state index is 0.0226. The third kappa shape index (κ3) is 6.00. The van der Waals surface area contributed by atoms with Crippen molar-refractivity contribution in [2.45, 2.75) is 38.3 Å². The SMILES string of the molecule is COCCNC(=O)C(C)NCCC1CCCO1. The Labute approximate surface area is 103 Å². The van der Waals surface area contributed by atoms with E-state index in [1.165, 1.54) is 0 Å². The average molecular weight is 244 g/mol. The molecule has 0 aromatic rings. The summed E-state index contributed by atoms with van der Waals surface area (Å²) in [7, 11) is 1.62. The smallest absolute Gasteiger partial charge is 0.236 e. The first-order valence-electron chi connectivity index (χ1n) is 6.35. The van der Waals surface area contributed by atoms with Crippen molar-refractivity contribution < 1.29 is 14.3 Å². The minimum Gasteiger partial charge on any atom is -0.383 e. The van der Waals surface area contributed by atoms with Crippen LogP contribution in [0.3, 0.4) is 0 Å². The first-order chi connectivity index (χ1) is 8.24. The lowest BCUT2D eigenvalue weighted by Gasteiger charge is -2.15. The van der Waals surface area contributed by atoms with E-state index in [2.05, 4.69) is 10.6 Å². The first kappa shape index (κ1) is 14.4. The van der Waals surface area contributed by atoms with E-state index >= 15 is 0 Å². The molecule has 2 N–H and O–H groups in total. The maximum Gasteiger partial charge on any atom is 0.236 e. The van der Waals surface area contributed by atoms with Crippen molar-refractivity contribution in [1.82, 2.24) is 10.6 Å². The number of hydrogen-bond donors (Lipinski definition) is 2.